The third-order valence-corrected chi connectivity index (χ3v) is 6.49. The Kier molecular flexibility index (Phi) is 7.03. The largest absolute Gasteiger partial charge is 0.379 e. The summed E-state index contributed by atoms with van der Waals surface area (Å²) in [6.45, 7) is 8.65. The lowest BCUT2D eigenvalue weighted by Gasteiger charge is -2.38. The summed E-state index contributed by atoms with van der Waals surface area (Å²) >= 11 is 6.16. The summed E-state index contributed by atoms with van der Waals surface area (Å²) in [7, 11) is 0. The molecule has 2 heterocycles. The number of halogens is 1. The van der Waals surface area contributed by atoms with Crippen LogP contribution in [0.25, 0.3) is 0 Å². The zero-order valence-corrected chi connectivity index (χ0v) is 17.4. The molecule has 4 heteroatoms. The second-order valence-corrected chi connectivity index (χ2v) is 8.53. The van der Waals surface area contributed by atoms with Crippen LogP contribution in [-0.4, -0.2) is 62.3 Å². The molecule has 2 aromatic rings. The summed E-state index contributed by atoms with van der Waals surface area (Å²) < 4.78 is 5.48. The van der Waals surface area contributed by atoms with Crippen molar-refractivity contribution in [1.29, 1.82) is 0 Å². The Morgan fingerprint density at radius 1 is 0.857 bits per heavy atom. The first-order valence-corrected chi connectivity index (χ1v) is 11.0. The monoisotopic (exact) mass is 398 g/mol. The van der Waals surface area contributed by atoms with Crippen LogP contribution in [0.1, 0.15) is 29.9 Å². The highest BCUT2D eigenvalue weighted by Gasteiger charge is 2.29. The van der Waals surface area contributed by atoms with Crippen LogP contribution in [0.4, 0.5) is 0 Å². The Balaban J connectivity index is 1.47. The van der Waals surface area contributed by atoms with E-state index in [1.165, 1.54) is 43.6 Å². The van der Waals surface area contributed by atoms with Crippen molar-refractivity contribution in [3.8, 4) is 0 Å². The molecule has 150 valence electrons. The van der Waals surface area contributed by atoms with Gasteiger partial charge >= 0.3 is 0 Å². The number of likely N-dealkylation sites (tertiary alicyclic amines) is 1. The molecule has 0 amide bonds. The van der Waals surface area contributed by atoms with Crippen molar-refractivity contribution in [1.82, 2.24) is 9.80 Å². The van der Waals surface area contributed by atoms with Crippen LogP contribution in [0.2, 0.25) is 5.02 Å². The number of morpholine rings is 1. The molecule has 28 heavy (non-hydrogen) atoms. The maximum atomic E-state index is 6.16. The molecule has 4 rings (SSSR count). The first-order valence-electron chi connectivity index (χ1n) is 10.6. The van der Waals surface area contributed by atoms with E-state index in [2.05, 4.69) is 52.3 Å². The molecule has 2 fully saturated rings. The number of hydrogen-bond acceptors (Lipinski definition) is 3. The third kappa shape index (κ3) is 5.15. The molecule has 0 aliphatic carbocycles. The molecular formula is C24H31ClN2O. The van der Waals surface area contributed by atoms with Crippen LogP contribution in [0.15, 0.2) is 54.6 Å². The Morgan fingerprint density at radius 3 is 2.29 bits per heavy atom. The Labute approximate surface area is 174 Å². The Hall–Kier alpha value is -1.39. The average molecular weight is 399 g/mol. The highest BCUT2D eigenvalue weighted by atomic mass is 35.5. The number of nitrogens with zero attached hydrogens (tertiary/aromatic N) is 2. The van der Waals surface area contributed by atoms with E-state index >= 15 is 0 Å². The van der Waals surface area contributed by atoms with Crippen molar-refractivity contribution in [2.24, 2.45) is 5.92 Å². The van der Waals surface area contributed by atoms with Gasteiger partial charge in [0.2, 0.25) is 0 Å². The molecule has 0 N–H and O–H groups in total. The van der Waals surface area contributed by atoms with E-state index in [1.54, 1.807) is 0 Å². The molecule has 0 saturated carbocycles. The highest BCUT2D eigenvalue weighted by Crippen LogP contribution is 2.37. The van der Waals surface area contributed by atoms with Gasteiger partial charge in [-0.1, -0.05) is 54.1 Å². The number of hydrogen-bond donors (Lipinski definition) is 0. The fourth-order valence-electron chi connectivity index (χ4n) is 4.74. The quantitative estimate of drug-likeness (QED) is 0.711. The zero-order valence-electron chi connectivity index (χ0n) is 16.6. The second kappa shape index (κ2) is 9.89. The fourth-order valence-corrected chi connectivity index (χ4v) is 4.87. The molecule has 3 nitrogen and oxygen atoms in total. The van der Waals surface area contributed by atoms with Crippen molar-refractivity contribution in [2.45, 2.75) is 18.8 Å². The summed E-state index contributed by atoms with van der Waals surface area (Å²) in [6.07, 6.45) is 2.57. The van der Waals surface area contributed by atoms with Crippen LogP contribution < -0.4 is 0 Å². The molecule has 0 bridgehead atoms. The first kappa shape index (κ1) is 19.9. The number of piperidine rings is 1. The van der Waals surface area contributed by atoms with E-state index in [0.29, 0.717) is 11.8 Å². The van der Waals surface area contributed by atoms with Gasteiger partial charge in [-0.15, -0.1) is 0 Å². The maximum Gasteiger partial charge on any atom is 0.0594 e. The summed E-state index contributed by atoms with van der Waals surface area (Å²) in [4.78, 5) is 5.22. The summed E-state index contributed by atoms with van der Waals surface area (Å²) in [6, 6.07) is 19.5. The topological polar surface area (TPSA) is 15.7 Å². The number of rotatable bonds is 6. The van der Waals surface area contributed by atoms with Crippen LogP contribution in [0.5, 0.6) is 0 Å². The fraction of sp³-hybridized carbons (Fsp3) is 0.500. The number of ether oxygens (including phenoxy) is 1. The van der Waals surface area contributed by atoms with E-state index in [4.69, 9.17) is 16.3 Å². The van der Waals surface area contributed by atoms with E-state index < -0.39 is 0 Å². The standard InChI is InChI=1S/C24H31ClN2O/c25-23-10-8-21(9-11-23)24(20-5-2-1-3-6-20)22-7-4-12-27(19-22)14-13-26-15-17-28-18-16-26/h1-3,5-6,8-11,22,24H,4,7,12-19H2. The van der Waals surface area contributed by atoms with Crippen LogP contribution >= 0.6 is 11.6 Å². The normalized spacial score (nSPS) is 22.8. The minimum absolute atomic E-state index is 0.435. The van der Waals surface area contributed by atoms with Gasteiger partial charge in [-0.2, -0.15) is 0 Å². The van der Waals surface area contributed by atoms with Crippen LogP contribution in [-0.2, 0) is 4.74 Å². The van der Waals surface area contributed by atoms with E-state index in [1.807, 2.05) is 12.1 Å². The molecule has 0 spiro atoms. The van der Waals surface area contributed by atoms with Gasteiger partial charge in [-0.05, 0) is 48.6 Å². The molecule has 2 aliphatic heterocycles. The van der Waals surface area contributed by atoms with E-state index in [0.717, 1.165) is 37.9 Å². The third-order valence-electron chi connectivity index (χ3n) is 6.24. The van der Waals surface area contributed by atoms with Crippen molar-refractivity contribution >= 4 is 11.6 Å². The second-order valence-electron chi connectivity index (χ2n) is 8.10. The van der Waals surface area contributed by atoms with Gasteiger partial charge in [-0.25, -0.2) is 0 Å². The summed E-state index contributed by atoms with van der Waals surface area (Å²) in [5.41, 5.74) is 2.81. The smallest absolute Gasteiger partial charge is 0.0594 e. The lowest BCUT2D eigenvalue weighted by Crippen LogP contribution is -2.44. The van der Waals surface area contributed by atoms with Crippen LogP contribution in [0, 0.1) is 5.92 Å². The van der Waals surface area contributed by atoms with Crippen molar-refractivity contribution in [2.75, 3.05) is 52.5 Å². The van der Waals surface area contributed by atoms with Crippen molar-refractivity contribution < 1.29 is 4.74 Å². The summed E-state index contributed by atoms with van der Waals surface area (Å²) in [5.74, 6) is 1.08. The van der Waals surface area contributed by atoms with Crippen LogP contribution in [0.3, 0.4) is 0 Å². The molecule has 2 aromatic carbocycles. The SMILES string of the molecule is Clc1ccc(C(c2ccccc2)C2CCCN(CCN3CCOCC3)C2)cc1. The number of benzene rings is 2. The molecule has 0 radical (unpaired) electrons. The van der Waals surface area contributed by atoms with Gasteiger partial charge in [0.25, 0.3) is 0 Å². The summed E-state index contributed by atoms with van der Waals surface area (Å²) in [5, 5.41) is 0.811. The van der Waals surface area contributed by atoms with Gasteiger partial charge in [0, 0.05) is 43.7 Å². The minimum Gasteiger partial charge on any atom is -0.379 e. The van der Waals surface area contributed by atoms with E-state index in [-0.39, 0.29) is 0 Å². The molecule has 2 saturated heterocycles. The van der Waals surface area contributed by atoms with Gasteiger partial charge < -0.3 is 9.64 Å². The van der Waals surface area contributed by atoms with Crippen molar-refractivity contribution in [3.63, 3.8) is 0 Å². The maximum absolute atomic E-state index is 6.16. The van der Waals surface area contributed by atoms with Gasteiger partial charge in [0.15, 0.2) is 0 Å². The average Bonchev–Trinajstić information content (AvgIpc) is 2.76. The first-order chi connectivity index (χ1) is 13.8. The molecular weight excluding hydrogens is 368 g/mol. The predicted octanol–water partition coefficient (Wildman–Crippen LogP) is 4.52. The molecule has 2 aliphatic rings. The van der Waals surface area contributed by atoms with Gasteiger partial charge in [-0.3, -0.25) is 4.90 Å². The zero-order chi connectivity index (χ0) is 19.2. The predicted molar refractivity (Wildman–Crippen MR) is 116 cm³/mol. The Morgan fingerprint density at radius 2 is 1.54 bits per heavy atom. The molecule has 2 atom stereocenters. The van der Waals surface area contributed by atoms with E-state index in [9.17, 15) is 0 Å². The molecule has 2 unspecified atom stereocenters. The Bertz CT molecular complexity index is 715. The molecule has 0 aromatic heterocycles. The minimum atomic E-state index is 0.435. The van der Waals surface area contributed by atoms with Gasteiger partial charge in [0.1, 0.15) is 0 Å². The lowest BCUT2D eigenvalue weighted by molar-refractivity contribution is 0.0305. The highest BCUT2D eigenvalue weighted by molar-refractivity contribution is 6.30. The lowest BCUT2D eigenvalue weighted by atomic mass is 9.77. The van der Waals surface area contributed by atoms with Gasteiger partial charge in [0.05, 0.1) is 13.2 Å². The van der Waals surface area contributed by atoms with Crippen molar-refractivity contribution in [3.05, 3.63) is 70.7 Å².